The maximum atomic E-state index is 15.2. The minimum atomic E-state index is -1.12. The molecule has 0 unspecified atom stereocenters. The Labute approximate surface area is 315 Å². The van der Waals surface area contributed by atoms with Gasteiger partial charge in [0.1, 0.15) is 6.10 Å². The van der Waals surface area contributed by atoms with Crippen molar-refractivity contribution in [3.63, 3.8) is 0 Å². The molecule has 3 amide bonds. The number of nitrogens with zero attached hydrogens (tertiary/aromatic N) is 4. The molecule has 2 aromatic rings. The minimum Gasteiger partial charge on any atom is -0.390 e. The lowest BCUT2D eigenvalue weighted by Crippen LogP contribution is -2.58. The van der Waals surface area contributed by atoms with Gasteiger partial charge in [-0.3, -0.25) is 19.4 Å². The summed E-state index contributed by atoms with van der Waals surface area (Å²) in [7, 11) is 1.70. The number of aliphatic hydroxyl groups excluding tert-OH is 2. The van der Waals surface area contributed by atoms with E-state index in [9.17, 15) is 19.8 Å². The Morgan fingerprint density at radius 3 is 2.31 bits per heavy atom. The SMILES string of the molecule is CC(C)C[C@H](O)[C@H](O)[C@H](CC1CCCCC1)N(C(=O)[C@@H](CC(=O)NCC(=O)N(C)CCc1ccccn1)Cc1csc(N)n1)[C@@H](C)C1CCCCC1. The van der Waals surface area contributed by atoms with Crippen molar-refractivity contribution in [2.75, 3.05) is 25.9 Å². The number of carbonyl (C=O) groups excluding carboxylic acids is 3. The maximum Gasteiger partial charge on any atom is 0.241 e. The van der Waals surface area contributed by atoms with Gasteiger partial charge in [-0.05, 0) is 62.5 Å². The first-order valence-electron chi connectivity index (χ1n) is 19.7. The second-order valence-electron chi connectivity index (χ2n) is 15.8. The standard InChI is InChI=1S/C40H64N6O5S/c1-27(2)21-35(47)38(50)34(22-29-13-7-5-8-14-29)46(28(3)30-15-9-6-10-16-30)39(51)31(23-33-26-52-40(41)44-33)24-36(48)43-25-37(49)45(4)20-18-32-17-11-12-19-42-32/h11-12,17,19,26-31,34-35,38,47,50H,5-10,13-16,18,20-25H2,1-4H3,(H2,41,44)(H,43,48)/t28-,31+,34-,35-,38+/m0/s1. The van der Waals surface area contributed by atoms with Gasteiger partial charge in [-0.2, -0.15) is 0 Å². The summed E-state index contributed by atoms with van der Waals surface area (Å²) < 4.78 is 0. The summed E-state index contributed by atoms with van der Waals surface area (Å²) in [5, 5.41) is 28.4. The van der Waals surface area contributed by atoms with Gasteiger partial charge in [0.05, 0.1) is 30.3 Å². The van der Waals surface area contributed by atoms with Gasteiger partial charge >= 0.3 is 0 Å². The van der Waals surface area contributed by atoms with Gasteiger partial charge in [-0.15, -0.1) is 11.3 Å². The number of hydrogen-bond donors (Lipinski definition) is 4. The molecule has 0 saturated heterocycles. The van der Waals surface area contributed by atoms with E-state index in [1.807, 2.05) is 42.3 Å². The number of nitrogens with one attached hydrogen (secondary N) is 1. The molecule has 2 aromatic heterocycles. The first-order valence-corrected chi connectivity index (χ1v) is 20.6. The lowest BCUT2D eigenvalue weighted by Gasteiger charge is -2.46. The van der Waals surface area contributed by atoms with Crippen molar-refractivity contribution in [3.8, 4) is 0 Å². The Balaban J connectivity index is 1.59. The van der Waals surface area contributed by atoms with Crippen molar-refractivity contribution in [2.45, 2.75) is 141 Å². The number of thiazole rings is 1. The highest BCUT2D eigenvalue weighted by molar-refractivity contribution is 7.13. The lowest BCUT2D eigenvalue weighted by molar-refractivity contribution is -0.151. The molecular weight excluding hydrogens is 677 g/mol. The van der Waals surface area contributed by atoms with Gasteiger partial charge in [0.2, 0.25) is 17.7 Å². The molecule has 52 heavy (non-hydrogen) atoms. The van der Waals surface area contributed by atoms with Gasteiger partial charge in [0.25, 0.3) is 0 Å². The van der Waals surface area contributed by atoms with Gasteiger partial charge < -0.3 is 31.1 Å². The monoisotopic (exact) mass is 740 g/mol. The number of aromatic nitrogens is 2. The van der Waals surface area contributed by atoms with E-state index in [0.717, 1.165) is 57.1 Å². The van der Waals surface area contributed by atoms with Crippen LogP contribution in [0.1, 0.15) is 116 Å². The van der Waals surface area contributed by atoms with Crippen LogP contribution in [0, 0.1) is 23.7 Å². The Morgan fingerprint density at radius 2 is 1.69 bits per heavy atom. The highest BCUT2D eigenvalue weighted by Gasteiger charge is 2.43. The topological polar surface area (TPSA) is 162 Å². The largest absolute Gasteiger partial charge is 0.390 e. The quantitative estimate of drug-likeness (QED) is 0.149. The summed E-state index contributed by atoms with van der Waals surface area (Å²) in [5.74, 6) is -0.880. The summed E-state index contributed by atoms with van der Waals surface area (Å²) in [6.07, 6.45) is 12.2. The predicted molar refractivity (Wildman–Crippen MR) is 206 cm³/mol. The summed E-state index contributed by atoms with van der Waals surface area (Å²) in [4.78, 5) is 54.0. The number of carbonyl (C=O) groups is 3. The first-order chi connectivity index (χ1) is 24.9. The summed E-state index contributed by atoms with van der Waals surface area (Å²) in [5.41, 5.74) is 7.51. The van der Waals surface area contributed by atoms with Crippen LogP contribution in [0.25, 0.3) is 0 Å². The molecule has 5 N–H and O–H groups in total. The molecule has 11 nitrogen and oxygen atoms in total. The van der Waals surface area contributed by atoms with Crippen molar-refractivity contribution < 1.29 is 24.6 Å². The van der Waals surface area contributed by atoms with E-state index in [1.165, 1.54) is 24.2 Å². The van der Waals surface area contributed by atoms with Gasteiger partial charge in [0, 0.05) is 56.2 Å². The molecule has 2 fully saturated rings. The van der Waals surface area contributed by atoms with Crippen LogP contribution in [0.4, 0.5) is 5.13 Å². The molecule has 0 spiro atoms. The number of aliphatic hydroxyl groups is 2. The summed E-state index contributed by atoms with van der Waals surface area (Å²) in [6, 6.07) is 4.88. The van der Waals surface area contributed by atoms with Crippen molar-refractivity contribution >= 4 is 34.2 Å². The zero-order valence-corrected chi connectivity index (χ0v) is 32.7. The number of amides is 3. The third kappa shape index (κ3) is 12.8. The molecule has 0 bridgehead atoms. The van der Waals surface area contributed by atoms with E-state index in [0.29, 0.717) is 42.6 Å². The van der Waals surface area contributed by atoms with Crippen LogP contribution in [-0.2, 0) is 27.2 Å². The number of likely N-dealkylation sites (N-methyl/N-ethyl adjacent to an activating group) is 1. The lowest BCUT2D eigenvalue weighted by atomic mass is 9.78. The smallest absolute Gasteiger partial charge is 0.241 e. The molecule has 2 saturated carbocycles. The molecule has 0 radical (unpaired) electrons. The molecule has 2 aliphatic carbocycles. The van der Waals surface area contributed by atoms with Crippen LogP contribution in [0.3, 0.4) is 0 Å². The number of pyridine rings is 1. The Morgan fingerprint density at radius 1 is 1.00 bits per heavy atom. The number of hydrogen-bond acceptors (Lipinski definition) is 9. The third-order valence-electron chi connectivity index (χ3n) is 11.3. The van der Waals surface area contributed by atoms with E-state index in [-0.39, 0.29) is 49.1 Å². The van der Waals surface area contributed by atoms with Crippen molar-refractivity contribution in [3.05, 3.63) is 41.2 Å². The average molecular weight is 741 g/mol. The van der Waals surface area contributed by atoms with Crippen molar-refractivity contribution in [2.24, 2.45) is 23.7 Å². The number of anilines is 1. The maximum absolute atomic E-state index is 15.2. The van der Waals surface area contributed by atoms with E-state index in [2.05, 4.69) is 22.2 Å². The average Bonchev–Trinajstić information content (AvgIpc) is 3.56. The normalized spacial score (nSPS) is 18.7. The molecule has 2 heterocycles. The van der Waals surface area contributed by atoms with E-state index < -0.39 is 30.1 Å². The van der Waals surface area contributed by atoms with Crippen LogP contribution in [-0.4, -0.2) is 92.1 Å². The first kappa shape index (κ1) is 41.7. The van der Waals surface area contributed by atoms with E-state index >= 15 is 4.79 Å². The van der Waals surface area contributed by atoms with Crippen LogP contribution in [0.15, 0.2) is 29.8 Å². The van der Waals surface area contributed by atoms with Crippen LogP contribution in [0.2, 0.25) is 0 Å². The molecule has 0 aliphatic heterocycles. The van der Waals surface area contributed by atoms with Gasteiger partial charge in [-0.1, -0.05) is 71.3 Å². The van der Waals surface area contributed by atoms with Gasteiger partial charge in [-0.25, -0.2) is 4.98 Å². The zero-order valence-electron chi connectivity index (χ0n) is 31.9. The number of rotatable bonds is 19. The van der Waals surface area contributed by atoms with Gasteiger partial charge in [0.15, 0.2) is 5.13 Å². The fourth-order valence-corrected chi connectivity index (χ4v) is 8.83. The number of nitrogen functional groups attached to an aromatic ring is 1. The predicted octanol–water partition coefficient (Wildman–Crippen LogP) is 5.39. The molecular formula is C40H64N6O5S. The number of nitrogens with two attached hydrogens (primary N) is 1. The molecule has 290 valence electrons. The molecule has 4 rings (SSSR count). The fourth-order valence-electron chi connectivity index (χ4n) is 8.26. The molecule has 5 atom stereocenters. The van der Waals surface area contributed by atoms with Crippen molar-refractivity contribution in [1.82, 2.24) is 25.1 Å². The fraction of sp³-hybridized carbons (Fsp3) is 0.725. The summed E-state index contributed by atoms with van der Waals surface area (Å²) in [6.45, 7) is 6.42. The van der Waals surface area contributed by atoms with E-state index in [1.54, 1.807) is 18.1 Å². The highest BCUT2D eigenvalue weighted by Crippen LogP contribution is 2.36. The third-order valence-corrected chi connectivity index (χ3v) is 12.0. The minimum absolute atomic E-state index is 0.143. The zero-order chi connectivity index (χ0) is 37.6. The molecule has 12 heteroatoms. The molecule has 0 aromatic carbocycles. The second kappa shape index (κ2) is 21.0. The highest BCUT2D eigenvalue weighted by atomic mass is 32.1. The Bertz CT molecular complexity index is 1380. The molecule has 2 aliphatic rings. The van der Waals surface area contributed by atoms with Crippen molar-refractivity contribution in [1.29, 1.82) is 0 Å². The van der Waals surface area contributed by atoms with E-state index in [4.69, 9.17) is 5.73 Å². The Kier molecular flexibility index (Phi) is 16.8. The van der Waals surface area contributed by atoms with Crippen LogP contribution >= 0.6 is 11.3 Å². The van der Waals surface area contributed by atoms with Crippen LogP contribution in [0.5, 0.6) is 0 Å². The van der Waals surface area contributed by atoms with Crippen LogP contribution < -0.4 is 11.1 Å². The summed E-state index contributed by atoms with van der Waals surface area (Å²) >= 11 is 1.29. The Hall–Kier alpha value is -3.09. The second-order valence-corrected chi connectivity index (χ2v) is 16.7.